The number of unbranched alkanes of at least 4 members (excludes halogenated alkanes) is 2. The molecular weight excluding hydrogens is 126 g/mol. The predicted octanol–water partition coefficient (Wildman–Crippen LogP) is 1.99. The Bertz CT molecular complexity index is 91.3. The molecule has 0 amide bonds. The van der Waals surface area contributed by atoms with Gasteiger partial charge >= 0.3 is 0 Å². The summed E-state index contributed by atoms with van der Waals surface area (Å²) >= 11 is 0. The van der Waals surface area contributed by atoms with Crippen LogP contribution in [0.4, 0.5) is 0 Å². The van der Waals surface area contributed by atoms with Crippen molar-refractivity contribution in [1.82, 2.24) is 5.73 Å². The minimum Gasteiger partial charge on any atom is -0.497 e. The lowest BCUT2D eigenvalue weighted by Gasteiger charge is -2.04. The van der Waals surface area contributed by atoms with Gasteiger partial charge < -0.3 is 4.74 Å². The van der Waals surface area contributed by atoms with Crippen molar-refractivity contribution in [3.8, 4) is 0 Å². The van der Waals surface area contributed by atoms with Crippen LogP contribution in [0.3, 0.4) is 0 Å². The highest BCUT2D eigenvalue weighted by Crippen LogP contribution is 1.97. The van der Waals surface area contributed by atoms with Gasteiger partial charge in [-0.3, -0.25) is 0 Å². The van der Waals surface area contributed by atoms with Gasteiger partial charge in [-0.05, 0) is 6.42 Å². The summed E-state index contributed by atoms with van der Waals surface area (Å²) in [5, 5.41) is 0. The van der Waals surface area contributed by atoms with Gasteiger partial charge in [0.15, 0.2) is 0 Å². The van der Waals surface area contributed by atoms with Crippen LogP contribution in [0.2, 0.25) is 0 Å². The molecule has 0 spiro atoms. The second kappa shape index (κ2) is 6.62. The molecule has 0 rings (SSSR count). The van der Waals surface area contributed by atoms with Gasteiger partial charge in [-0.25, -0.2) is 5.73 Å². The smallest absolute Gasteiger partial charge is 0.104 e. The Hall–Kier alpha value is -0.500. The molecule has 0 fully saturated rings. The van der Waals surface area contributed by atoms with Crippen LogP contribution < -0.4 is 5.73 Å². The van der Waals surface area contributed by atoms with Gasteiger partial charge in [0, 0.05) is 0 Å². The molecule has 0 bridgehead atoms. The molecule has 0 aromatic rings. The zero-order valence-corrected chi connectivity index (χ0v) is 6.65. The van der Waals surface area contributed by atoms with Crippen LogP contribution in [-0.2, 0) is 4.74 Å². The van der Waals surface area contributed by atoms with E-state index in [1.807, 2.05) is 0 Å². The maximum atomic E-state index is 6.86. The van der Waals surface area contributed by atoms with Crippen LogP contribution in [0.25, 0.3) is 0 Å². The van der Waals surface area contributed by atoms with Crippen molar-refractivity contribution in [2.24, 2.45) is 0 Å². The largest absolute Gasteiger partial charge is 0.497 e. The summed E-state index contributed by atoms with van der Waals surface area (Å²) in [6.07, 6.45) is 3.48. The quantitative estimate of drug-likeness (QED) is 0.412. The molecule has 0 unspecified atom stereocenters. The van der Waals surface area contributed by atoms with Crippen LogP contribution in [0.1, 0.15) is 26.2 Å². The molecule has 0 aliphatic carbocycles. The normalized spacial score (nSPS) is 9.40. The van der Waals surface area contributed by atoms with Crippen LogP contribution in [-0.4, -0.2) is 13.2 Å². The Labute approximate surface area is 63.1 Å². The molecule has 59 valence electrons. The molecule has 0 atom stereocenters. The van der Waals surface area contributed by atoms with Crippen molar-refractivity contribution >= 4 is 0 Å². The van der Waals surface area contributed by atoms with Crippen molar-refractivity contribution in [3.05, 3.63) is 12.3 Å². The fourth-order valence-electron chi connectivity index (χ4n) is 0.620. The van der Waals surface area contributed by atoms with Crippen LogP contribution >= 0.6 is 0 Å². The number of ether oxygens (including phenoxy) is 1. The van der Waals surface area contributed by atoms with Crippen molar-refractivity contribution < 1.29 is 4.74 Å². The molecule has 2 nitrogen and oxygen atoms in total. The molecule has 10 heavy (non-hydrogen) atoms. The number of hydrogen-bond donors (Lipinski definition) is 0. The maximum Gasteiger partial charge on any atom is 0.104 e. The average molecular weight is 142 g/mol. The van der Waals surface area contributed by atoms with Gasteiger partial charge in [-0.1, -0.05) is 26.3 Å². The third kappa shape index (κ3) is 5.63. The molecule has 1 radical (unpaired) electrons. The molecule has 0 aromatic heterocycles. The molecule has 0 heterocycles. The van der Waals surface area contributed by atoms with E-state index in [4.69, 9.17) is 10.5 Å². The van der Waals surface area contributed by atoms with Crippen molar-refractivity contribution in [1.29, 1.82) is 0 Å². The van der Waals surface area contributed by atoms with E-state index in [0.29, 0.717) is 5.76 Å². The number of rotatable bonds is 6. The zero-order valence-electron chi connectivity index (χ0n) is 6.65. The van der Waals surface area contributed by atoms with E-state index in [-0.39, 0.29) is 6.54 Å². The van der Waals surface area contributed by atoms with Crippen LogP contribution in [0.5, 0.6) is 0 Å². The molecular formula is C8H16NO. The Balaban J connectivity index is 2.96. The first-order chi connectivity index (χ1) is 4.81. The highest BCUT2D eigenvalue weighted by molar-refractivity contribution is 4.82. The lowest BCUT2D eigenvalue weighted by molar-refractivity contribution is 0.204. The van der Waals surface area contributed by atoms with Gasteiger partial charge in [0.1, 0.15) is 5.76 Å². The first-order valence-electron chi connectivity index (χ1n) is 3.76. The highest BCUT2D eigenvalue weighted by atomic mass is 16.5. The summed E-state index contributed by atoms with van der Waals surface area (Å²) in [5.41, 5.74) is 6.86. The first kappa shape index (κ1) is 9.50. The summed E-state index contributed by atoms with van der Waals surface area (Å²) in [6.45, 7) is 6.63. The highest BCUT2D eigenvalue weighted by Gasteiger charge is 1.89. The second-order valence-electron chi connectivity index (χ2n) is 2.27. The van der Waals surface area contributed by atoms with E-state index in [9.17, 15) is 0 Å². The average Bonchev–Trinajstić information content (AvgIpc) is 1.98. The van der Waals surface area contributed by atoms with Crippen LogP contribution in [0, 0.1) is 0 Å². The standard InChI is InChI=1S/C8H16NO/c1-3-4-5-6-10-8(2)7-9/h9H,2-7H2,1H3. The van der Waals surface area contributed by atoms with Gasteiger partial charge in [0.2, 0.25) is 0 Å². The van der Waals surface area contributed by atoms with E-state index in [0.717, 1.165) is 13.0 Å². The van der Waals surface area contributed by atoms with Gasteiger partial charge in [-0.15, -0.1) is 0 Å². The topological polar surface area (TPSA) is 33.0 Å². The summed E-state index contributed by atoms with van der Waals surface area (Å²) < 4.78 is 5.11. The molecule has 2 heteroatoms. The van der Waals surface area contributed by atoms with Crippen molar-refractivity contribution in [2.75, 3.05) is 13.2 Å². The van der Waals surface area contributed by atoms with Gasteiger partial charge in [-0.2, -0.15) is 0 Å². The number of nitrogens with one attached hydrogen (secondary N) is 1. The Morgan fingerprint density at radius 1 is 1.50 bits per heavy atom. The van der Waals surface area contributed by atoms with E-state index >= 15 is 0 Å². The fraction of sp³-hybridized carbons (Fsp3) is 0.750. The Morgan fingerprint density at radius 2 is 2.20 bits per heavy atom. The second-order valence-corrected chi connectivity index (χ2v) is 2.27. The monoisotopic (exact) mass is 142 g/mol. The van der Waals surface area contributed by atoms with Crippen molar-refractivity contribution in [2.45, 2.75) is 26.2 Å². The molecule has 0 aliphatic rings. The summed E-state index contributed by atoms with van der Waals surface area (Å²) in [5.74, 6) is 0.580. The first-order valence-corrected chi connectivity index (χ1v) is 3.76. The van der Waals surface area contributed by atoms with Gasteiger partial charge in [0.05, 0.1) is 13.2 Å². The lowest BCUT2D eigenvalue weighted by atomic mass is 10.3. The summed E-state index contributed by atoms with van der Waals surface area (Å²) in [7, 11) is 0. The SMILES string of the molecule is C=C(C[NH])OCCCCC. The summed E-state index contributed by atoms with van der Waals surface area (Å²) in [4.78, 5) is 0. The minimum atomic E-state index is 0.187. The lowest BCUT2D eigenvalue weighted by Crippen LogP contribution is -1.98. The van der Waals surface area contributed by atoms with Crippen LogP contribution in [0.15, 0.2) is 12.3 Å². The molecule has 0 aliphatic heterocycles. The van der Waals surface area contributed by atoms with E-state index in [1.54, 1.807) is 0 Å². The molecule has 0 saturated heterocycles. The third-order valence-electron chi connectivity index (χ3n) is 1.25. The Kier molecular flexibility index (Phi) is 6.29. The molecule has 1 N–H and O–H groups in total. The fourth-order valence-corrected chi connectivity index (χ4v) is 0.620. The van der Waals surface area contributed by atoms with E-state index < -0.39 is 0 Å². The summed E-state index contributed by atoms with van der Waals surface area (Å²) in [6, 6.07) is 0. The van der Waals surface area contributed by atoms with Gasteiger partial charge in [0.25, 0.3) is 0 Å². The Morgan fingerprint density at radius 3 is 2.70 bits per heavy atom. The van der Waals surface area contributed by atoms with E-state index in [1.165, 1.54) is 12.8 Å². The minimum absolute atomic E-state index is 0.187. The maximum absolute atomic E-state index is 6.86. The zero-order chi connectivity index (χ0) is 7.82. The van der Waals surface area contributed by atoms with E-state index in [2.05, 4.69) is 13.5 Å². The van der Waals surface area contributed by atoms with Crippen molar-refractivity contribution in [3.63, 3.8) is 0 Å². The number of hydrogen-bond acceptors (Lipinski definition) is 1. The molecule has 0 aromatic carbocycles. The third-order valence-corrected chi connectivity index (χ3v) is 1.25. The predicted molar refractivity (Wildman–Crippen MR) is 42.6 cm³/mol. The molecule has 0 saturated carbocycles.